The maximum absolute atomic E-state index is 10.7. The van der Waals surface area contributed by atoms with Crippen molar-refractivity contribution in [2.45, 2.75) is 63.3 Å². The van der Waals surface area contributed by atoms with Crippen LogP contribution >= 0.6 is 0 Å². The van der Waals surface area contributed by atoms with Crippen molar-refractivity contribution in [3.05, 3.63) is 0 Å². The highest BCUT2D eigenvalue weighted by atomic mass is 16.5. The smallest absolute Gasteiger partial charge is 0.332 e. The van der Waals surface area contributed by atoms with Gasteiger partial charge in [0.05, 0.1) is 11.7 Å². The molecule has 92 valence electrons. The fraction of sp³-hybridized carbons (Fsp3) is 0.917. The molecular formula is C12H20O4. The quantitative estimate of drug-likeness (QED) is 0.802. The summed E-state index contributed by atoms with van der Waals surface area (Å²) >= 11 is 0. The Morgan fingerprint density at radius 1 is 1.50 bits per heavy atom. The number of hydrogen-bond donors (Lipinski definition) is 1. The van der Waals surface area contributed by atoms with Crippen LogP contribution in [0.4, 0.5) is 0 Å². The maximum atomic E-state index is 10.7. The first kappa shape index (κ1) is 11.9. The van der Waals surface area contributed by atoms with Crippen LogP contribution in [-0.2, 0) is 14.3 Å². The summed E-state index contributed by atoms with van der Waals surface area (Å²) < 4.78 is 11.4. The van der Waals surface area contributed by atoms with Gasteiger partial charge in [-0.15, -0.1) is 0 Å². The molecule has 2 rings (SSSR count). The Kier molecular flexibility index (Phi) is 3.50. The number of hydrogen-bond acceptors (Lipinski definition) is 3. The zero-order chi connectivity index (χ0) is 11.6. The number of carboxylic acids is 1. The summed E-state index contributed by atoms with van der Waals surface area (Å²) in [6.45, 7) is 2.30. The number of carboxylic acid groups (broad SMARTS) is 1. The van der Waals surface area contributed by atoms with Crippen molar-refractivity contribution in [2.75, 3.05) is 6.61 Å². The van der Waals surface area contributed by atoms with Crippen LogP contribution in [0.15, 0.2) is 0 Å². The van der Waals surface area contributed by atoms with Crippen LogP contribution in [0.2, 0.25) is 0 Å². The topological polar surface area (TPSA) is 55.8 Å². The number of rotatable bonds is 3. The molecule has 2 aliphatic rings. The molecule has 1 spiro atoms. The van der Waals surface area contributed by atoms with E-state index < -0.39 is 12.1 Å². The van der Waals surface area contributed by atoms with Crippen molar-refractivity contribution in [3.63, 3.8) is 0 Å². The third kappa shape index (κ3) is 2.55. The second-order valence-electron chi connectivity index (χ2n) is 4.97. The van der Waals surface area contributed by atoms with Gasteiger partial charge in [-0.2, -0.15) is 0 Å². The lowest BCUT2D eigenvalue weighted by atomic mass is 9.90. The normalized spacial score (nSPS) is 30.4. The van der Waals surface area contributed by atoms with E-state index in [1.165, 1.54) is 12.8 Å². The predicted molar refractivity (Wildman–Crippen MR) is 58.4 cm³/mol. The van der Waals surface area contributed by atoms with Gasteiger partial charge in [-0.1, -0.05) is 12.8 Å². The van der Waals surface area contributed by atoms with E-state index in [1.807, 2.05) is 0 Å². The first-order valence-corrected chi connectivity index (χ1v) is 6.14. The molecule has 0 aromatic heterocycles. The molecule has 2 fully saturated rings. The highest BCUT2D eigenvalue weighted by molar-refractivity contribution is 5.71. The molecule has 1 aliphatic heterocycles. The third-order valence-corrected chi connectivity index (χ3v) is 3.71. The summed E-state index contributed by atoms with van der Waals surface area (Å²) in [5, 5.41) is 8.81. The molecule has 4 nitrogen and oxygen atoms in total. The average Bonchev–Trinajstić information content (AvgIpc) is 2.66. The van der Waals surface area contributed by atoms with Crippen molar-refractivity contribution >= 4 is 5.97 Å². The lowest BCUT2D eigenvalue weighted by Gasteiger charge is -2.38. The highest BCUT2D eigenvalue weighted by Crippen LogP contribution is 2.40. The Bertz CT molecular complexity index is 258. The van der Waals surface area contributed by atoms with Gasteiger partial charge in [-0.25, -0.2) is 4.79 Å². The number of carbonyl (C=O) groups is 1. The van der Waals surface area contributed by atoms with Crippen LogP contribution < -0.4 is 0 Å². The zero-order valence-corrected chi connectivity index (χ0v) is 9.78. The molecule has 16 heavy (non-hydrogen) atoms. The van der Waals surface area contributed by atoms with Crippen molar-refractivity contribution < 1.29 is 19.4 Å². The molecule has 1 unspecified atom stereocenters. The largest absolute Gasteiger partial charge is 0.479 e. The molecule has 4 heteroatoms. The molecule has 1 saturated carbocycles. The molecule has 2 atom stereocenters. The van der Waals surface area contributed by atoms with Gasteiger partial charge in [0.15, 0.2) is 6.10 Å². The highest BCUT2D eigenvalue weighted by Gasteiger charge is 2.40. The minimum absolute atomic E-state index is 0.00113. The summed E-state index contributed by atoms with van der Waals surface area (Å²) in [6, 6.07) is 0. The lowest BCUT2D eigenvalue weighted by molar-refractivity contribution is -0.168. The van der Waals surface area contributed by atoms with Crippen LogP contribution in [0.25, 0.3) is 0 Å². The summed E-state index contributed by atoms with van der Waals surface area (Å²) in [4.78, 5) is 10.7. The molecule has 0 radical (unpaired) electrons. The Morgan fingerprint density at radius 3 is 2.81 bits per heavy atom. The summed E-state index contributed by atoms with van der Waals surface area (Å²) in [6.07, 6.45) is 5.69. The van der Waals surface area contributed by atoms with E-state index in [2.05, 4.69) is 0 Å². The van der Waals surface area contributed by atoms with E-state index in [9.17, 15) is 4.79 Å². The van der Waals surface area contributed by atoms with Crippen molar-refractivity contribution in [3.8, 4) is 0 Å². The second-order valence-corrected chi connectivity index (χ2v) is 4.97. The van der Waals surface area contributed by atoms with E-state index in [0.717, 1.165) is 25.7 Å². The van der Waals surface area contributed by atoms with Crippen LogP contribution in [0.3, 0.4) is 0 Å². The Balaban J connectivity index is 1.89. The van der Waals surface area contributed by atoms with E-state index >= 15 is 0 Å². The molecule has 1 heterocycles. The van der Waals surface area contributed by atoms with Crippen LogP contribution in [0.5, 0.6) is 0 Å². The van der Waals surface area contributed by atoms with Crippen molar-refractivity contribution in [1.82, 2.24) is 0 Å². The van der Waals surface area contributed by atoms with Gasteiger partial charge in [-0.3, -0.25) is 0 Å². The molecule has 0 aromatic rings. The maximum Gasteiger partial charge on any atom is 0.332 e. The van der Waals surface area contributed by atoms with E-state index in [0.29, 0.717) is 6.61 Å². The second kappa shape index (κ2) is 4.72. The first-order chi connectivity index (χ1) is 7.61. The van der Waals surface area contributed by atoms with E-state index in [-0.39, 0.29) is 11.7 Å². The Hall–Kier alpha value is -0.610. The minimum atomic E-state index is -0.882. The summed E-state index contributed by atoms with van der Waals surface area (Å²) in [5.74, 6) is -0.882. The molecular weight excluding hydrogens is 208 g/mol. The fourth-order valence-electron chi connectivity index (χ4n) is 2.81. The van der Waals surface area contributed by atoms with Crippen molar-refractivity contribution in [1.29, 1.82) is 0 Å². The Morgan fingerprint density at radius 2 is 2.19 bits per heavy atom. The Labute approximate surface area is 95.9 Å². The standard InChI is InChI=1S/C12H20O4/c1-9(11(13)14)16-10-4-7-15-12(8-10)5-2-3-6-12/h9-10H,2-8H2,1H3,(H,13,14)/t9-,10?/m1/s1. The summed E-state index contributed by atoms with van der Waals surface area (Å²) in [7, 11) is 0. The van der Waals surface area contributed by atoms with Crippen LogP contribution in [-0.4, -0.2) is 35.5 Å². The van der Waals surface area contributed by atoms with Gasteiger partial charge in [-0.05, 0) is 26.2 Å². The number of aliphatic carboxylic acids is 1. The molecule has 0 amide bonds. The summed E-state index contributed by atoms with van der Waals surface area (Å²) in [5.41, 5.74) is 0.00113. The van der Waals surface area contributed by atoms with Crippen LogP contribution in [0.1, 0.15) is 45.4 Å². The van der Waals surface area contributed by atoms with Crippen molar-refractivity contribution in [2.24, 2.45) is 0 Å². The van der Waals surface area contributed by atoms with Gasteiger partial charge in [0.1, 0.15) is 0 Å². The molecule has 1 saturated heterocycles. The average molecular weight is 228 g/mol. The first-order valence-electron chi connectivity index (χ1n) is 6.14. The van der Waals surface area contributed by atoms with E-state index in [4.69, 9.17) is 14.6 Å². The molecule has 0 bridgehead atoms. The zero-order valence-electron chi connectivity index (χ0n) is 9.78. The van der Waals surface area contributed by atoms with E-state index in [1.54, 1.807) is 6.92 Å². The van der Waals surface area contributed by atoms with Gasteiger partial charge < -0.3 is 14.6 Å². The molecule has 1 aliphatic carbocycles. The number of ether oxygens (including phenoxy) is 2. The minimum Gasteiger partial charge on any atom is -0.479 e. The van der Waals surface area contributed by atoms with Gasteiger partial charge >= 0.3 is 5.97 Å². The lowest BCUT2D eigenvalue weighted by Crippen LogP contribution is -2.42. The van der Waals surface area contributed by atoms with Gasteiger partial charge in [0.25, 0.3) is 0 Å². The monoisotopic (exact) mass is 228 g/mol. The van der Waals surface area contributed by atoms with Gasteiger partial charge in [0.2, 0.25) is 0 Å². The molecule has 1 N–H and O–H groups in total. The third-order valence-electron chi connectivity index (χ3n) is 3.71. The molecule has 0 aromatic carbocycles. The fourth-order valence-corrected chi connectivity index (χ4v) is 2.81. The van der Waals surface area contributed by atoms with Gasteiger partial charge in [0, 0.05) is 13.0 Å². The predicted octanol–water partition coefficient (Wildman–Crippen LogP) is 1.97. The SMILES string of the molecule is C[C@@H](OC1CCOC2(CCCC2)C1)C(=O)O. The van der Waals surface area contributed by atoms with Crippen LogP contribution in [0, 0.1) is 0 Å².